The van der Waals surface area contributed by atoms with Crippen LogP contribution in [0.4, 0.5) is 8.78 Å². The minimum Gasteiger partial charge on any atom is -0.443 e. The maximum atomic E-state index is 11.8. The highest BCUT2D eigenvalue weighted by molar-refractivity contribution is 7.84. The Labute approximate surface area is 114 Å². The largest absolute Gasteiger partial charge is 0.443 e. The first kappa shape index (κ1) is 14.0. The molecule has 1 atom stereocenters. The van der Waals surface area contributed by atoms with Crippen molar-refractivity contribution in [1.82, 2.24) is 5.16 Å². The molecule has 0 saturated carbocycles. The van der Waals surface area contributed by atoms with Crippen LogP contribution in [0.1, 0.15) is 6.42 Å². The number of halogens is 3. The number of hydrogen-bond donors (Lipinski definition) is 0. The van der Waals surface area contributed by atoms with Gasteiger partial charge in [0.1, 0.15) is 0 Å². The Balaban J connectivity index is 2.04. The van der Waals surface area contributed by atoms with E-state index in [2.05, 4.69) is 5.16 Å². The molecule has 2 rings (SSSR count). The summed E-state index contributed by atoms with van der Waals surface area (Å²) in [7, 11) is -1.53. The summed E-state index contributed by atoms with van der Waals surface area (Å²) >= 11 is 5.62. The second kappa shape index (κ2) is 6.12. The van der Waals surface area contributed by atoms with Crippen molar-refractivity contribution in [1.29, 1.82) is 0 Å². The van der Waals surface area contributed by atoms with Crippen molar-refractivity contribution in [3.05, 3.63) is 35.6 Å². The van der Waals surface area contributed by atoms with Gasteiger partial charge in [-0.1, -0.05) is 5.16 Å². The van der Waals surface area contributed by atoms with Gasteiger partial charge in [-0.15, -0.1) is 0 Å². The van der Waals surface area contributed by atoms with E-state index in [0.29, 0.717) is 17.5 Å². The molecule has 0 amide bonds. The zero-order chi connectivity index (χ0) is 13.8. The Morgan fingerprint density at radius 3 is 2.89 bits per heavy atom. The van der Waals surface area contributed by atoms with Crippen LogP contribution < -0.4 is 0 Å². The van der Waals surface area contributed by atoms with Gasteiger partial charge in [-0.05, 0) is 36.2 Å². The molecule has 102 valence electrons. The summed E-state index contributed by atoms with van der Waals surface area (Å²) < 4.78 is 45.4. The third-order valence-corrected chi connectivity index (χ3v) is 3.59. The van der Waals surface area contributed by atoms with Crippen LogP contribution in [-0.2, 0) is 10.8 Å². The SMILES string of the molecule is O=S(CCC=C(F)F)c1cc(-c2ccc(Cl)o2)no1. The third-order valence-electron chi connectivity index (χ3n) is 2.14. The summed E-state index contributed by atoms with van der Waals surface area (Å²) in [6.07, 6.45) is -1.08. The minimum absolute atomic E-state index is 0.00242. The normalized spacial score (nSPS) is 12.4. The Hall–Kier alpha value is -1.47. The molecule has 0 aliphatic heterocycles. The summed E-state index contributed by atoms with van der Waals surface area (Å²) in [5.74, 6) is 0.414. The Morgan fingerprint density at radius 2 is 2.26 bits per heavy atom. The maximum absolute atomic E-state index is 11.8. The third kappa shape index (κ3) is 3.74. The highest BCUT2D eigenvalue weighted by atomic mass is 35.5. The average Bonchev–Trinajstić information content (AvgIpc) is 2.96. The van der Waals surface area contributed by atoms with Crippen molar-refractivity contribution in [3.8, 4) is 11.5 Å². The van der Waals surface area contributed by atoms with Gasteiger partial charge in [0.05, 0.1) is 10.8 Å². The molecule has 2 heterocycles. The van der Waals surface area contributed by atoms with E-state index < -0.39 is 16.9 Å². The second-order valence-corrected chi connectivity index (χ2v) is 5.34. The summed E-state index contributed by atoms with van der Waals surface area (Å²) in [5.41, 5.74) is 0.350. The zero-order valence-corrected chi connectivity index (χ0v) is 11.0. The summed E-state index contributed by atoms with van der Waals surface area (Å²) in [4.78, 5) is 0. The first-order chi connectivity index (χ1) is 9.06. The van der Waals surface area contributed by atoms with Crippen LogP contribution in [0.2, 0.25) is 5.22 Å². The standard InChI is InChI=1S/C11H8ClF2NO3S/c12-9-4-3-8(17-9)7-6-11(18-15-7)19(16)5-1-2-10(13)14/h2-4,6H,1,5H2. The zero-order valence-electron chi connectivity index (χ0n) is 9.44. The molecular formula is C11H8ClF2NO3S. The Bertz CT molecular complexity index is 619. The molecule has 0 aliphatic rings. The van der Waals surface area contributed by atoms with E-state index in [4.69, 9.17) is 20.5 Å². The number of allylic oxidation sites excluding steroid dienone is 1. The predicted octanol–water partition coefficient (Wildman–Crippen LogP) is 3.87. The van der Waals surface area contributed by atoms with Crippen molar-refractivity contribution in [3.63, 3.8) is 0 Å². The molecule has 2 aromatic heterocycles. The highest BCUT2D eigenvalue weighted by Crippen LogP contribution is 2.25. The number of hydrogen-bond acceptors (Lipinski definition) is 4. The molecule has 0 N–H and O–H groups in total. The molecule has 0 spiro atoms. The highest BCUT2D eigenvalue weighted by Gasteiger charge is 2.14. The molecule has 19 heavy (non-hydrogen) atoms. The van der Waals surface area contributed by atoms with Gasteiger partial charge in [-0.3, -0.25) is 4.21 Å². The predicted molar refractivity (Wildman–Crippen MR) is 65.4 cm³/mol. The van der Waals surface area contributed by atoms with Crippen molar-refractivity contribution >= 4 is 22.4 Å². The lowest BCUT2D eigenvalue weighted by atomic mass is 10.3. The first-order valence-electron chi connectivity index (χ1n) is 5.18. The summed E-state index contributed by atoms with van der Waals surface area (Å²) in [6, 6.07) is 4.56. The van der Waals surface area contributed by atoms with Crippen LogP contribution in [0.3, 0.4) is 0 Å². The minimum atomic E-state index is -1.79. The van der Waals surface area contributed by atoms with Crippen LogP contribution in [0.5, 0.6) is 0 Å². The van der Waals surface area contributed by atoms with E-state index in [-0.39, 0.29) is 22.5 Å². The molecule has 0 bridgehead atoms. The molecular weight excluding hydrogens is 300 g/mol. The molecule has 0 fully saturated rings. The molecule has 0 saturated heterocycles. The smallest absolute Gasteiger partial charge is 0.266 e. The van der Waals surface area contributed by atoms with Gasteiger partial charge in [-0.25, -0.2) is 0 Å². The fraction of sp³-hybridized carbons (Fsp3) is 0.182. The summed E-state index contributed by atoms with van der Waals surface area (Å²) in [6.45, 7) is 0. The van der Waals surface area contributed by atoms with Gasteiger partial charge in [-0.2, -0.15) is 8.78 Å². The van der Waals surface area contributed by atoms with Gasteiger partial charge in [0.2, 0.25) is 5.09 Å². The van der Waals surface area contributed by atoms with Gasteiger partial charge in [0, 0.05) is 11.8 Å². The molecule has 0 aliphatic carbocycles. The fourth-order valence-electron chi connectivity index (χ4n) is 1.31. The number of nitrogens with zero attached hydrogens (tertiary/aromatic N) is 1. The maximum Gasteiger partial charge on any atom is 0.266 e. The van der Waals surface area contributed by atoms with Crippen molar-refractivity contribution in [2.45, 2.75) is 11.5 Å². The fourth-order valence-corrected chi connectivity index (χ4v) is 2.35. The average molecular weight is 308 g/mol. The lowest BCUT2D eigenvalue weighted by Gasteiger charge is -1.92. The topological polar surface area (TPSA) is 56.2 Å². The van der Waals surface area contributed by atoms with Crippen LogP contribution in [0.25, 0.3) is 11.5 Å². The summed E-state index contributed by atoms with van der Waals surface area (Å²) in [5, 5.41) is 3.99. The van der Waals surface area contributed by atoms with Gasteiger partial charge in [0.25, 0.3) is 6.08 Å². The lowest BCUT2D eigenvalue weighted by Crippen LogP contribution is -1.95. The van der Waals surface area contributed by atoms with Crippen molar-refractivity contribution in [2.75, 3.05) is 5.75 Å². The van der Waals surface area contributed by atoms with Crippen LogP contribution >= 0.6 is 11.6 Å². The number of rotatable bonds is 5. The molecule has 2 aromatic rings. The first-order valence-corrected chi connectivity index (χ1v) is 6.88. The molecule has 4 nitrogen and oxygen atoms in total. The molecule has 1 unspecified atom stereocenters. The molecule has 0 radical (unpaired) electrons. The molecule has 8 heteroatoms. The quantitative estimate of drug-likeness (QED) is 0.841. The van der Waals surface area contributed by atoms with Crippen molar-refractivity contribution in [2.24, 2.45) is 0 Å². The van der Waals surface area contributed by atoms with Gasteiger partial charge < -0.3 is 8.94 Å². The van der Waals surface area contributed by atoms with E-state index >= 15 is 0 Å². The number of furan rings is 1. The van der Waals surface area contributed by atoms with Crippen LogP contribution in [0.15, 0.2) is 44.4 Å². The van der Waals surface area contributed by atoms with Crippen molar-refractivity contribution < 1.29 is 21.9 Å². The van der Waals surface area contributed by atoms with E-state index in [0.717, 1.165) is 0 Å². The number of aromatic nitrogens is 1. The van der Waals surface area contributed by atoms with E-state index in [1.54, 1.807) is 6.07 Å². The van der Waals surface area contributed by atoms with E-state index in [1.165, 1.54) is 12.1 Å². The van der Waals surface area contributed by atoms with Gasteiger partial charge in [0.15, 0.2) is 16.7 Å². The lowest BCUT2D eigenvalue weighted by molar-refractivity contribution is 0.345. The Morgan fingerprint density at radius 1 is 1.47 bits per heavy atom. The van der Waals surface area contributed by atoms with Crippen LogP contribution in [0, 0.1) is 0 Å². The van der Waals surface area contributed by atoms with Crippen LogP contribution in [-0.4, -0.2) is 15.1 Å². The molecule has 0 aromatic carbocycles. The van der Waals surface area contributed by atoms with Gasteiger partial charge >= 0.3 is 0 Å². The van der Waals surface area contributed by atoms with E-state index in [9.17, 15) is 13.0 Å². The monoisotopic (exact) mass is 307 g/mol. The Kier molecular flexibility index (Phi) is 4.49. The second-order valence-electron chi connectivity index (χ2n) is 3.47. The van der Waals surface area contributed by atoms with E-state index in [1.807, 2.05) is 0 Å².